The largest absolute Gasteiger partial charge is 0.497 e. The summed E-state index contributed by atoms with van der Waals surface area (Å²) in [6.07, 6.45) is 1.63. The molecule has 0 amide bonds. The Morgan fingerprint density at radius 2 is 2.17 bits per heavy atom. The molecule has 0 saturated carbocycles. The van der Waals surface area contributed by atoms with E-state index in [4.69, 9.17) is 21.7 Å². The van der Waals surface area contributed by atoms with Crippen LogP contribution in [0.15, 0.2) is 23.3 Å². The van der Waals surface area contributed by atoms with Crippen molar-refractivity contribution in [2.75, 3.05) is 20.8 Å². The van der Waals surface area contributed by atoms with Gasteiger partial charge in [-0.25, -0.2) is 0 Å². The van der Waals surface area contributed by atoms with Crippen molar-refractivity contribution in [3.63, 3.8) is 0 Å². The highest BCUT2D eigenvalue weighted by Gasteiger charge is 2.02. The van der Waals surface area contributed by atoms with E-state index in [-0.39, 0.29) is 0 Å². The normalized spacial score (nSPS) is 10.2. The molecule has 1 aromatic rings. The van der Waals surface area contributed by atoms with Gasteiger partial charge in [0.2, 0.25) is 0 Å². The van der Waals surface area contributed by atoms with Gasteiger partial charge in [0.25, 0.3) is 0 Å². The lowest BCUT2D eigenvalue weighted by Gasteiger charge is -2.07. The van der Waals surface area contributed by atoms with Crippen LogP contribution in [0.1, 0.15) is 12.5 Å². The van der Waals surface area contributed by atoms with Gasteiger partial charge in [-0.15, -0.1) is 0 Å². The Balaban J connectivity index is 2.75. The number of hydrazone groups is 1. The van der Waals surface area contributed by atoms with Crippen LogP contribution in [-0.4, -0.2) is 32.1 Å². The molecule has 0 saturated heterocycles. The highest BCUT2D eigenvalue weighted by molar-refractivity contribution is 7.80. The minimum absolute atomic E-state index is 0.482. The average Bonchev–Trinajstić information content (AvgIpc) is 2.39. The minimum Gasteiger partial charge on any atom is -0.497 e. The van der Waals surface area contributed by atoms with Crippen molar-refractivity contribution in [3.05, 3.63) is 23.8 Å². The smallest absolute Gasteiger partial charge is 0.186 e. The first-order valence-corrected chi connectivity index (χ1v) is 5.91. The molecular weight excluding hydrogens is 250 g/mol. The topological polar surface area (TPSA) is 54.9 Å². The van der Waals surface area contributed by atoms with Crippen molar-refractivity contribution in [2.24, 2.45) is 5.10 Å². The van der Waals surface area contributed by atoms with E-state index in [1.54, 1.807) is 20.4 Å². The van der Waals surface area contributed by atoms with E-state index < -0.39 is 0 Å². The average molecular weight is 267 g/mol. The molecule has 0 radical (unpaired) electrons. The molecule has 0 fully saturated rings. The molecule has 0 atom stereocenters. The van der Waals surface area contributed by atoms with Gasteiger partial charge in [0.1, 0.15) is 11.5 Å². The zero-order valence-corrected chi connectivity index (χ0v) is 11.5. The second-order valence-electron chi connectivity index (χ2n) is 3.34. The summed E-state index contributed by atoms with van der Waals surface area (Å²) in [6.45, 7) is 2.71. The number of rotatable bonds is 5. The summed E-state index contributed by atoms with van der Waals surface area (Å²) in [7, 11) is 3.22. The molecule has 0 aromatic heterocycles. The third-order valence-electron chi connectivity index (χ3n) is 2.14. The second kappa shape index (κ2) is 7.50. The highest BCUT2D eigenvalue weighted by Crippen LogP contribution is 2.22. The highest BCUT2D eigenvalue weighted by atomic mass is 32.1. The van der Waals surface area contributed by atoms with Gasteiger partial charge in [0.15, 0.2) is 5.11 Å². The van der Waals surface area contributed by atoms with Crippen LogP contribution < -0.4 is 20.2 Å². The molecule has 0 unspecified atom stereocenters. The van der Waals surface area contributed by atoms with Gasteiger partial charge < -0.3 is 14.8 Å². The molecule has 1 aromatic carbocycles. The molecule has 0 bridgehead atoms. The van der Waals surface area contributed by atoms with Crippen molar-refractivity contribution in [1.82, 2.24) is 10.7 Å². The quantitative estimate of drug-likeness (QED) is 0.481. The Hall–Kier alpha value is -1.82. The predicted octanol–water partition coefficient (Wildman–Crippen LogP) is 1.52. The molecule has 0 aliphatic carbocycles. The van der Waals surface area contributed by atoms with Gasteiger partial charge >= 0.3 is 0 Å². The summed E-state index contributed by atoms with van der Waals surface area (Å²) in [4.78, 5) is 0. The fraction of sp³-hybridized carbons (Fsp3) is 0.333. The first-order valence-electron chi connectivity index (χ1n) is 5.50. The molecule has 2 N–H and O–H groups in total. The fourth-order valence-electron chi connectivity index (χ4n) is 1.30. The Bertz CT molecular complexity index is 435. The van der Waals surface area contributed by atoms with E-state index in [1.807, 2.05) is 25.1 Å². The molecule has 6 heteroatoms. The summed E-state index contributed by atoms with van der Waals surface area (Å²) in [5.74, 6) is 1.46. The van der Waals surface area contributed by atoms with Crippen LogP contribution in [0.4, 0.5) is 0 Å². The van der Waals surface area contributed by atoms with Crippen LogP contribution in [0.2, 0.25) is 0 Å². The van der Waals surface area contributed by atoms with Crippen LogP contribution in [0.25, 0.3) is 0 Å². The van der Waals surface area contributed by atoms with E-state index >= 15 is 0 Å². The van der Waals surface area contributed by atoms with E-state index in [2.05, 4.69) is 15.8 Å². The Morgan fingerprint density at radius 1 is 1.39 bits per heavy atom. The Kier molecular flexibility index (Phi) is 5.93. The van der Waals surface area contributed by atoms with E-state index in [0.717, 1.165) is 23.6 Å². The molecule has 98 valence electrons. The number of ether oxygens (including phenoxy) is 2. The zero-order valence-electron chi connectivity index (χ0n) is 10.7. The third-order valence-corrected chi connectivity index (χ3v) is 2.38. The number of thiocarbonyl (C=S) groups is 1. The fourth-order valence-corrected chi connectivity index (χ4v) is 1.50. The van der Waals surface area contributed by atoms with Gasteiger partial charge in [-0.1, -0.05) is 0 Å². The third kappa shape index (κ3) is 4.21. The molecule has 5 nitrogen and oxygen atoms in total. The van der Waals surface area contributed by atoms with Crippen LogP contribution in [0, 0.1) is 0 Å². The van der Waals surface area contributed by atoms with Crippen molar-refractivity contribution in [1.29, 1.82) is 0 Å². The van der Waals surface area contributed by atoms with Crippen molar-refractivity contribution in [2.45, 2.75) is 6.92 Å². The van der Waals surface area contributed by atoms with Crippen LogP contribution >= 0.6 is 12.2 Å². The van der Waals surface area contributed by atoms with E-state index in [9.17, 15) is 0 Å². The molecular formula is C12H17N3O2S. The lowest BCUT2D eigenvalue weighted by atomic mass is 10.2. The summed E-state index contributed by atoms with van der Waals surface area (Å²) in [6, 6.07) is 5.48. The first kappa shape index (κ1) is 14.2. The first-order chi connectivity index (χ1) is 8.71. The van der Waals surface area contributed by atoms with Crippen molar-refractivity contribution < 1.29 is 9.47 Å². The van der Waals surface area contributed by atoms with Gasteiger partial charge in [0.05, 0.1) is 20.4 Å². The Morgan fingerprint density at radius 3 is 2.78 bits per heavy atom. The van der Waals surface area contributed by atoms with Gasteiger partial charge in [-0.3, -0.25) is 5.43 Å². The number of nitrogens with one attached hydrogen (secondary N) is 2. The van der Waals surface area contributed by atoms with Crippen molar-refractivity contribution >= 4 is 23.5 Å². The summed E-state index contributed by atoms with van der Waals surface area (Å²) < 4.78 is 10.4. The number of hydrogen-bond acceptors (Lipinski definition) is 4. The molecule has 0 spiro atoms. The maximum Gasteiger partial charge on any atom is 0.186 e. The van der Waals surface area contributed by atoms with Crippen LogP contribution in [-0.2, 0) is 0 Å². The maximum atomic E-state index is 5.23. The predicted molar refractivity (Wildman–Crippen MR) is 76.6 cm³/mol. The monoisotopic (exact) mass is 267 g/mol. The van der Waals surface area contributed by atoms with E-state index in [1.165, 1.54) is 0 Å². The molecule has 0 heterocycles. The molecule has 18 heavy (non-hydrogen) atoms. The molecule has 0 aliphatic heterocycles. The van der Waals surface area contributed by atoms with Gasteiger partial charge in [0, 0.05) is 12.1 Å². The lowest BCUT2D eigenvalue weighted by Crippen LogP contribution is -2.31. The number of methoxy groups -OCH3 is 2. The SMILES string of the molecule is CCNC(=S)NN=Cc1cc(OC)ccc1OC. The van der Waals surface area contributed by atoms with Crippen LogP contribution in [0.3, 0.4) is 0 Å². The Labute approximate surface area is 112 Å². The zero-order chi connectivity index (χ0) is 13.4. The summed E-state index contributed by atoms with van der Waals surface area (Å²) in [5, 5.41) is 7.45. The summed E-state index contributed by atoms with van der Waals surface area (Å²) >= 11 is 4.99. The molecule has 0 aliphatic rings. The second-order valence-corrected chi connectivity index (χ2v) is 3.75. The van der Waals surface area contributed by atoms with Gasteiger partial charge in [-0.05, 0) is 37.3 Å². The standard InChI is InChI=1S/C12H17N3O2S/c1-4-13-12(18)15-14-8-9-7-10(16-2)5-6-11(9)17-3/h5-8H,4H2,1-3H3,(H2,13,15,18). The lowest BCUT2D eigenvalue weighted by molar-refractivity contribution is 0.402. The minimum atomic E-state index is 0.482. The maximum absolute atomic E-state index is 5.23. The number of hydrogen-bond donors (Lipinski definition) is 2. The number of nitrogens with zero attached hydrogens (tertiary/aromatic N) is 1. The van der Waals surface area contributed by atoms with E-state index in [0.29, 0.717) is 5.11 Å². The summed E-state index contributed by atoms with van der Waals surface area (Å²) in [5.41, 5.74) is 3.52. The van der Waals surface area contributed by atoms with Gasteiger partial charge in [-0.2, -0.15) is 5.10 Å². The molecule has 1 rings (SSSR count). The number of benzene rings is 1. The van der Waals surface area contributed by atoms with Crippen LogP contribution in [0.5, 0.6) is 11.5 Å². The van der Waals surface area contributed by atoms with Crippen molar-refractivity contribution in [3.8, 4) is 11.5 Å².